The Morgan fingerprint density at radius 1 is 1.33 bits per heavy atom. The third-order valence-electron chi connectivity index (χ3n) is 1.73. The molecule has 0 radical (unpaired) electrons. The second-order valence-electron chi connectivity index (χ2n) is 4.57. The van der Waals surface area contributed by atoms with Crippen LogP contribution >= 0.6 is 39.1 Å². The molecule has 0 amide bonds. The normalized spacial score (nSPS) is 11.2. The Morgan fingerprint density at radius 3 is 2.50 bits per heavy atom. The summed E-state index contributed by atoms with van der Waals surface area (Å²) < 4.78 is 11.0. The maximum Gasteiger partial charge on any atom is 0.344 e. The van der Waals surface area contributed by atoms with E-state index in [2.05, 4.69) is 15.9 Å². The van der Waals surface area contributed by atoms with Gasteiger partial charge >= 0.3 is 5.97 Å². The first-order valence-electron chi connectivity index (χ1n) is 5.18. The fraction of sp³-hybridized carbons (Fsp3) is 0.417. The molecule has 0 aliphatic rings. The average Bonchev–Trinajstić information content (AvgIpc) is 2.18. The van der Waals surface area contributed by atoms with Crippen LogP contribution in [0.5, 0.6) is 5.75 Å². The summed E-state index contributed by atoms with van der Waals surface area (Å²) in [6.07, 6.45) is 0. The van der Waals surface area contributed by atoms with Crippen molar-refractivity contribution in [2.75, 3.05) is 6.61 Å². The molecule has 0 saturated carbocycles. The highest BCUT2D eigenvalue weighted by atomic mass is 79.9. The number of hydrogen-bond donors (Lipinski definition) is 0. The van der Waals surface area contributed by atoms with Gasteiger partial charge in [0, 0.05) is 11.1 Å². The van der Waals surface area contributed by atoms with Crippen molar-refractivity contribution < 1.29 is 14.3 Å². The quantitative estimate of drug-likeness (QED) is 0.592. The second-order valence-corrected chi connectivity index (χ2v) is 6.21. The van der Waals surface area contributed by atoms with Gasteiger partial charge in [0.05, 0.1) is 9.50 Å². The first-order chi connectivity index (χ1) is 8.19. The van der Waals surface area contributed by atoms with E-state index in [0.717, 1.165) is 0 Å². The van der Waals surface area contributed by atoms with E-state index in [4.69, 9.17) is 32.7 Å². The van der Waals surface area contributed by atoms with Crippen LogP contribution in [0.1, 0.15) is 20.8 Å². The fourth-order valence-corrected chi connectivity index (χ4v) is 1.96. The molecule has 0 fully saturated rings. The van der Waals surface area contributed by atoms with Crippen LogP contribution < -0.4 is 4.74 Å². The molecule has 0 aliphatic carbocycles. The van der Waals surface area contributed by atoms with Gasteiger partial charge in [-0.2, -0.15) is 0 Å². The topological polar surface area (TPSA) is 35.5 Å². The van der Waals surface area contributed by atoms with E-state index < -0.39 is 11.6 Å². The van der Waals surface area contributed by atoms with Crippen molar-refractivity contribution in [3.05, 3.63) is 26.7 Å². The van der Waals surface area contributed by atoms with Crippen LogP contribution in [0.2, 0.25) is 10.0 Å². The molecule has 18 heavy (non-hydrogen) atoms. The van der Waals surface area contributed by atoms with Gasteiger partial charge in [-0.15, -0.1) is 0 Å². The van der Waals surface area contributed by atoms with Crippen LogP contribution in [0.3, 0.4) is 0 Å². The zero-order chi connectivity index (χ0) is 13.9. The Balaban J connectivity index is 2.67. The van der Waals surface area contributed by atoms with E-state index in [-0.39, 0.29) is 6.61 Å². The Morgan fingerprint density at radius 2 is 1.94 bits per heavy atom. The number of esters is 1. The van der Waals surface area contributed by atoms with Gasteiger partial charge in [-0.1, -0.05) is 23.2 Å². The molecule has 1 rings (SSSR count). The molecular formula is C12H13BrCl2O3. The summed E-state index contributed by atoms with van der Waals surface area (Å²) >= 11 is 15.0. The lowest BCUT2D eigenvalue weighted by Crippen LogP contribution is -2.27. The standard InChI is InChI=1S/C12H13BrCl2O3/c1-12(2,3)18-10(16)6-17-9-5-7(14)4-8(15)11(9)13/h4-5H,6H2,1-3H3. The zero-order valence-corrected chi connectivity index (χ0v) is 13.3. The first-order valence-corrected chi connectivity index (χ1v) is 6.73. The van der Waals surface area contributed by atoms with Crippen molar-refractivity contribution in [3.8, 4) is 5.75 Å². The van der Waals surface area contributed by atoms with Crippen LogP contribution in [-0.4, -0.2) is 18.2 Å². The maximum atomic E-state index is 11.5. The number of rotatable bonds is 3. The van der Waals surface area contributed by atoms with Crippen molar-refractivity contribution >= 4 is 45.1 Å². The molecule has 6 heteroatoms. The molecule has 0 bridgehead atoms. The van der Waals surface area contributed by atoms with Gasteiger partial charge in [-0.3, -0.25) is 0 Å². The average molecular weight is 356 g/mol. The minimum atomic E-state index is -0.538. The largest absolute Gasteiger partial charge is 0.481 e. The number of carbonyl (C=O) groups is 1. The van der Waals surface area contributed by atoms with E-state index in [1.165, 1.54) is 0 Å². The number of carbonyl (C=O) groups excluding carboxylic acids is 1. The van der Waals surface area contributed by atoms with Crippen molar-refractivity contribution in [3.63, 3.8) is 0 Å². The van der Waals surface area contributed by atoms with Gasteiger partial charge in [-0.25, -0.2) is 4.79 Å². The van der Waals surface area contributed by atoms with E-state index in [1.54, 1.807) is 32.9 Å². The van der Waals surface area contributed by atoms with Crippen LogP contribution in [0.15, 0.2) is 16.6 Å². The van der Waals surface area contributed by atoms with Crippen LogP contribution in [0.25, 0.3) is 0 Å². The van der Waals surface area contributed by atoms with Gasteiger partial charge in [0.15, 0.2) is 6.61 Å². The Hall–Kier alpha value is -0.450. The molecule has 0 atom stereocenters. The molecule has 100 valence electrons. The molecule has 3 nitrogen and oxygen atoms in total. The molecule has 1 aromatic carbocycles. The van der Waals surface area contributed by atoms with Gasteiger partial charge in [0.2, 0.25) is 0 Å². The van der Waals surface area contributed by atoms with Crippen LogP contribution in [0, 0.1) is 0 Å². The monoisotopic (exact) mass is 354 g/mol. The Kier molecular flexibility index (Phi) is 5.32. The molecule has 0 unspecified atom stereocenters. The lowest BCUT2D eigenvalue weighted by Gasteiger charge is -2.19. The van der Waals surface area contributed by atoms with Crippen molar-refractivity contribution in [1.29, 1.82) is 0 Å². The van der Waals surface area contributed by atoms with E-state index >= 15 is 0 Å². The summed E-state index contributed by atoms with van der Waals surface area (Å²) in [6, 6.07) is 3.15. The molecule has 0 N–H and O–H groups in total. The summed E-state index contributed by atoms with van der Waals surface area (Å²) in [5.74, 6) is -0.0520. The highest BCUT2D eigenvalue weighted by molar-refractivity contribution is 9.10. The molecule has 0 heterocycles. The summed E-state index contributed by atoms with van der Waals surface area (Å²) in [5, 5.41) is 0.851. The molecule has 0 aliphatic heterocycles. The van der Waals surface area contributed by atoms with Gasteiger partial charge in [0.1, 0.15) is 11.4 Å². The van der Waals surface area contributed by atoms with Gasteiger partial charge in [-0.05, 0) is 42.8 Å². The molecule has 1 aromatic rings. The van der Waals surface area contributed by atoms with Crippen molar-refractivity contribution in [1.82, 2.24) is 0 Å². The SMILES string of the molecule is CC(C)(C)OC(=O)COc1cc(Cl)cc(Cl)c1Br. The summed E-state index contributed by atoms with van der Waals surface area (Å²) in [6.45, 7) is 5.16. The third kappa shape index (κ3) is 5.04. The van der Waals surface area contributed by atoms with Crippen LogP contribution in [-0.2, 0) is 9.53 Å². The number of hydrogen-bond acceptors (Lipinski definition) is 3. The third-order valence-corrected chi connectivity index (χ3v) is 3.29. The van der Waals surface area contributed by atoms with E-state index in [0.29, 0.717) is 20.3 Å². The highest BCUT2D eigenvalue weighted by Crippen LogP contribution is 2.35. The van der Waals surface area contributed by atoms with Gasteiger partial charge < -0.3 is 9.47 Å². The Labute approximate surface area is 124 Å². The first kappa shape index (κ1) is 15.6. The number of benzene rings is 1. The van der Waals surface area contributed by atoms with Crippen molar-refractivity contribution in [2.24, 2.45) is 0 Å². The minimum absolute atomic E-state index is 0.202. The second kappa shape index (κ2) is 6.13. The van der Waals surface area contributed by atoms with E-state index in [1.807, 2.05) is 0 Å². The summed E-state index contributed by atoms with van der Waals surface area (Å²) in [4.78, 5) is 11.5. The van der Waals surface area contributed by atoms with E-state index in [9.17, 15) is 4.79 Å². The fourth-order valence-electron chi connectivity index (χ4n) is 1.15. The smallest absolute Gasteiger partial charge is 0.344 e. The summed E-state index contributed by atoms with van der Waals surface area (Å²) in [5.41, 5.74) is -0.538. The Bertz CT molecular complexity index is 455. The molecular weight excluding hydrogens is 343 g/mol. The maximum absolute atomic E-state index is 11.5. The van der Waals surface area contributed by atoms with Crippen LogP contribution in [0.4, 0.5) is 0 Å². The highest BCUT2D eigenvalue weighted by Gasteiger charge is 2.17. The minimum Gasteiger partial charge on any atom is -0.481 e. The predicted molar refractivity (Wildman–Crippen MR) is 75.5 cm³/mol. The lowest BCUT2D eigenvalue weighted by atomic mass is 10.2. The molecule has 0 saturated heterocycles. The molecule has 0 aromatic heterocycles. The lowest BCUT2D eigenvalue weighted by molar-refractivity contribution is -0.157. The predicted octanol–water partition coefficient (Wildman–Crippen LogP) is 4.48. The zero-order valence-electron chi connectivity index (χ0n) is 10.2. The number of ether oxygens (including phenoxy) is 2. The summed E-state index contributed by atoms with van der Waals surface area (Å²) in [7, 11) is 0. The molecule has 0 spiro atoms. The number of halogens is 3. The van der Waals surface area contributed by atoms with Crippen molar-refractivity contribution in [2.45, 2.75) is 26.4 Å². The van der Waals surface area contributed by atoms with Gasteiger partial charge in [0.25, 0.3) is 0 Å².